The van der Waals surface area contributed by atoms with Crippen LogP contribution in [0.2, 0.25) is 0 Å². The lowest BCUT2D eigenvalue weighted by Crippen LogP contribution is -2.46. The Hall–Kier alpha value is -1.07. The number of aliphatic carboxylic acids is 1. The maximum Gasteiger partial charge on any atom is 0.323 e. The van der Waals surface area contributed by atoms with Crippen LogP contribution in [-0.2, 0) is 11.3 Å². The van der Waals surface area contributed by atoms with Gasteiger partial charge in [-0.2, -0.15) is 0 Å². The molecule has 0 heterocycles. The zero-order valence-corrected chi connectivity index (χ0v) is 11.7. The molecule has 17 heavy (non-hydrogen) atoms. The number of hydrogen-bond donors (Lipinski definition) is 2. The van der Waals surface area contributed by atoms with Crippen LogP contribution in [0.5, 0.6) is 5.75 Å². The van der Waals surface area contributed by atoms with Gasteiger partial charge in [0.15, 0.2) is 0 Å². The minimum atomic E-state index is -0.938. The van der Waals surface area contributed by atoms with Gasteiger partial charge in [-0.15, -0.1) is 0 Å². The van der Waals surface area contributed by atoms with E-state index >= 15 is 0 Å². The number of rotatable bonds is 5. The van der Waals surface area contributed by atoms with E-state index in [1.807, 2.05) is 18.2 Å². The molecule has 0 bridgehead atoms. The molecule has 94 valence electrons. The Balaban J connectivity index is 2.71. The average molecular weight is 302 g/mol. The van der Waals surface area contributed by atoms with Crippen LogP contribution in [0.3, 0.4) is 0 Å². The second kappa shape index (κ2) is 5.51. The molecule has 1 aromatic rings. The van der Waals surface area contributed by atoms with Gasteiger partial charge in [0.25, 0.3) is 0 Å². The van der Waals surface area contributed by atoms with Gasteiger partial charge in [-0.05, 0) is 47.5 Å². The number of halogens is 1. The predicted molar refractivity (Wildman–Crippen MR) is 69.2 cm³/mol. The molecule has 0 aliphatic carbocycles. The van der Waals surface area contributed by atoms with Crippen molar-refractivity contribution in [2.45, 2.75) is 25.9 Å². The number of nitrogens with one attached hydrogen (secondary N) is 1. The third-order valence-corrected chi connectivity index (χ3v) is 3.11. The maximum atomic E-state index is 10.9. The molecule has 0 saturated heterocycles. The summed E-state index contributed by atoms with van der Waals surface area (Å²) < 4.78 is 5.98. The zero-order valence-electron chi connectivity index (χ0n) is 10.1. The Morgan fingerprint density at radius 3 is 2.65 bits per heavy atom. The van der Waals surface area contributed by atoms with Crippen LogP contribution in [0.15, 0.2) is 22.7 Å². The lowest BCUT2D eigenvalue weighted by Gasteiger charge is -2.21. The SMILES string of the molecule is COc1ccc(CNC(C)(C)C(=O)O)cc1Br. The largest absolute Gasteiger partial charge is 0.496 e. The fraction of sp³-hybridized carbons (Fsp3) is 0.417. The van der Waals surface area contributed by atoms with Crippen molar-refractivity contribution in [3.8, 4) is 5.75 Å². The monoisotopic (exact) mass is 301 g/mol. The van der Waals surface area contributed by atoms with Crippen molar-refractivity contribution in [1.82, 2.24) is 5.32 Å². The first kappa shape index (κ1) is 14.0. The first-order valence-electron chi connectivity index (χ1n) is 5.17. The summed E-state index contributed by atoms with van der Waals surface area (Å²) in [6.45, 7) is 3.75. The normalized spacial score (nSPS) is 11.3. The highest BCUT2D eigenvalue weighted by Gasteiger charge is 2.25. The highest BCUT2D eigenvalue weighted by molar-refractivity contribution is 9.10. The Bertz CT molecular complexity index is 418. The van der Waals surface area contributed by atoms with Crippen LogP contribution in [-0.4, -0.2) is 23.7 Å². The number of methoxy groups -OCH3 is 1. The number of benzene rings is 1. The molecule has 0 spiro atoms. The average Bonchev–Trinajstić information content (AvgIpc) is 2.26. The molecular formula is C12H16BrNO3. The van der Waals surface area contributed by atoms with Gasteiger partial charge in [0.2, 0.25) is 0 Å². The summed E-state index contributed by atoms with van der Waals surface area (Å²) in [5, 5.41) is 11.9. The van der Waals surface area contributed by atoms with Gasteiger partial charge in [-0.3, -0.25) is 10.1 Å². The zero-order chi connectivity index (χ0) is 13.1. The lowest BCUT2D eigenvalue weighted by molar-refractivity contribution is -0.143. The molecule has 0 aromatic heterocycles. The number of carbonyl (C=O) groups is 1. The van der Waals surface area contributed by atoms with Gasteiger partial charge >= 0.3 is 5.97 Å². The molecule has 0 saturated carbocycles. The molecule has 2 N–H and O–H groups in total. The molecule has 4 nitrogen and oxygen atoms in total. The Morgan fingerprint density at radius 2 is 2.18 bits per heavy atom. The first-order chi connectivity index (χ1) is 7.86. The molecule has 0 atom stereocenters. The van der Waals surface area contributed by atoms with Crippen LogP contribution in [0.4, 0.5) is 0 Å². The van der Waals surface area contributed by atoms with Gasteiger partial charge in [0, 0.05) is 6.54 Å². The summed E-state index contributed by atoms with van der Waals surface area (Å²) in [7, 11) is 1.60. The van der Waals surface area contributed by atoms with E-state index in [1.54, 1.807) is 21.0 Å². The minimum absolute atomic E-state index is 0.488. The van der Waals surface area contributed by atoms with Crippen molar-refractivity contribution in [3.63, 3.8) is 0 Å². The maximum absolute atomic E-state index is 10.9. The molecule has 5 heteroatoms. The van der Waals surface area contributed by atoms with Gasteiger partial charge in [-0.25, -0.2) is 0 Å². The summed E-state index contributed by atoms with van der Waals surface area (Å²) in [6.07, 6.45) is 0. The van der Waals surface area contributed by atoms with Crippen molar-refractivity contribution in [2.24, 2.45) is 0 Å². The van der Waals surface area contributed by atoms with E-state index in [4.69, 9.17) is 9.84 Å². The molecule has 1 aromatic carbocycles. The van der Waals surface area contributed by atoms with E-state index in [0.717, 1.165) is 15.8 Å². The molecular weight excluding hydrogens is 286 g/mol. The highest BCUT2D eigenvalue weighted by Crippen LogP contribution is 2.25. The van der Waals surface area contributed by atoms with Gasteiger partial charge in [0.05, 0.1) is 11.6 Å². The fourth-order valence-electron chi connectivity index (χ4n) is 1.22. The summed E-state index contributed by atoms with van der Waals surface area (Å²) >= 11 is 3.39. The Labute approximate surface area is 109 Å². The topological polar surface area (TPSA) is 58.6 Å². The third kappa shape index (κ3) is 3.71. The molecule has 0 amide bonds. The standard InChI is InChI=1S/C12H16BrNO3/c1-12(2,11(15)16)14-7-8-4-5-10(17-3)9(13)6-8/h4-6,14H,7H2,1-3H3,(H,15,16). The summed E-state index contributed by atoms with van der Waals surface area (Å²) in [4.78, 5) is 10.9. The van der Waals surface area contributed by atoms with Crippen LogP contribution in [0.1, 0.15) is 19.4 Å². The van der Waals surface area contributed by atoms with E-state index in [0.29, 0.717) is 6.54 Å². The van der Waals surface area contributed by atoms with Crippen molar-refractivity contribution >= 4 is 21.9 Å². The van der Waals surface area contributed by atoms with E-state index in [1.165, 1.54) is 0 Å². The number of hydrogen-bond acceptors (Lipinski definition) is 3. The predicted octanol–water partition coefficient (Wildman–Crippen LogP) is 2.41. The Morgan fingerprint density at radius 1 is 1.53 bits per heavy atom. The molecule has 0 radical (unpaired) electrons. The van der Waals surface area contributed by atoms with E-state index in [-0.39, 0.29) is 0 Å². The molecule has 0 aliphatic rings. The second-order valence-electron chi connectivity index (χ2n) is 4.25. The summed E-state index contributed by atoms with van der Waals surface area (Å²) in [6, 6.07) is 5.65. The smallest absolute Gasteiger partial charge is 0.323 e. The third-order valence-electron chi connectivity index (χ3n) is 2.49. The number of ether oxygens (including phenoxy) is 1. The van der Waals surface area contributed by atoms with Crippen molar-refractivity contribution in [3.05, 3.63) is 28.2 Å². The molecule has 0 fully saturated rings. The van der Waals surface area contributed by atoms with E-state index < -0.39 is 11.5 Å². The quantitative estimate of drug-likeness (QED) is 0.877. The van der Waals surface area contributed by atoms with Crippen LogP contribution in [0, 0.1) is 0 Å². The molecule has 1 rings (SSSR count). The number of carboxylic acid groups (broad SMARTS) is 1. The van der Waals surface area contributed by atoms with Crippen molar-refractivity contribution in [1.29, 1.82) is 0 Å². The Kier molecular flexibility index (Phi) is 4.54. The van der Waals surface area contributed by atoms with Gasteiger partial charge in [-0.1, -0.05) is 6.07 Å². The second-order valence-corrected chi connectivity index (χ2v) is 5.11. The lowest BCUT2D eigenvalue weighted by atomic mass is 10.1. The summed E-state index contributed by atoms with van der Waals surface area (Å²) in [5.41, 5.74) is 0.0545. The van der Waals surface area contributed by atoms with Gasteiger partial charge < -0.3 is 9.84 Å². The summed E-state index contributed by atoms with van der Waals surface area (Å²) in [5.74, 6) is -0.115. The fourth-order valence-corrected chi connectivity index (χ4v) is 1.81. The van der Waals surface area contributed by atoms with Crippen LogP contribution >= 0.6 is 15.9 Å². The number of carboxylic acids is 1. The van der Waals surface area contributed by atoms with Crippen LogP contribution < -0.4 is 10.1 Å². The van der Waals surface area contributed by atoms with Crippen molar-refractivity contribution in [2.75, 3.05) is 7.11 Å². The van der Waals surface area contributed by atoms with E-state index in [9.17, 15) is 4.79 Å². The molecule has 0 unspecified atom stereocenters. The first-order valence-corrected chi connectivity index (χ1v) is 5.97. The van der Waals surface area contributed by atoms with E-state index in [2.05, 4.69) is 21.2 Å². The van der Waals surface area contributed by atoms with Gasteiger partial charge in [0.1, 0.15) is 11.3 Å². The molecule has 0 aliphatic heterocycles. The minimum Gasteiger partial charge on any atom is -0.496 e. The van der Waals surface area contributed by atoms with Crippen LogP contribution in [0.25, 0.3) is 0 Å². The highest BCUT2D eigenvalue weighted by atomic mass is 79.9. The van der Waals surface area contributed by atoms with Crippen molar-refractivity contribution < 1.29 is 14.6 Å².